The monoisotopic (exact) mass is 516 g/mol. The molecule has 0 bridgehead atoms. The van der Waals surface area contributed by atoms with Crippen molar-refractivity contribution < 1.29 is 19.0 Å². The first-order valence-electron chi connectivity index (χ1n) is 14.5. The van der Waals surface area contributed by atoms with Gasteiger partial charge in [0.15, 0.2) is 0 Å². The molecule has 204 valence electrons. The zero-order valence-corrected chi connectivity index (χ0v) is 23.3. The highest BCUT2D eigenvalue weighted by Crippen LogP contribution is 2.34. The van der Waals surface area contributed by atoms with Gasteiger partial charge in [0.2, 0.25) is 0 Å². The number of ether oxygens (including phenoxy) is 3. The third kappa shape index (κ3) is 10.2. The van der Waals surface area contributed by atoms with E-state index in [1.54, 1.807) is 12.1 Å². The number of hydrogen-bond donors (Lipinski definition) is 0. The Morgan fingerprint density at radius 3 is 1.84 bits per heavy atom. The van der Waals surface area contributed by atoms with E-state index in [1.165, 1.54) is 51.4 Å². The lowest BCUT2D eigenvalue weighted by molar-refractivity contribution is 0.0734. The Labute approximate surface area is 229 Å². The molecule has 0 saturated heterocycles. The molecule has 0 N–H and O–H groups in total. The number of hydrogen-bond acceptors (Lipinski definition) is 4. The van der Waals surface area contributed by atoms with Gasteiger partial charge in [-0.25, -0.2) is 4.79 Å². The van der Waals surface area contributed by atoms with Crippen molar-refractivity contribution in [3.05, 3.63) is 78.4 Å². The van der Waals surface area contributed by atoms with Gasteiger partial charge in [0.1, 0.15) is 17.2 Å². The van der Waals surface area contributed by atoms with Crippen LogP contribution in [0.2, 0.25) is 0 Å². The number of benzene rings is 3. The van der Waals surface area contributed by atoms with Crippen LogP contribution in [0.4, 0.5) is 0 Å². The number of carbonyl (C=O) groups is 1. The number of unbranched alkanes of at least 4 members (excludes halogenated alkanes) is 9. The second-order valence-electron chi connectivity index (χ2n) is 9.82. The second-order valence-corrected chi connectivity index (χ2v) is 9.82. The SMILES string of the molecule is CCCCCCCCOc1cc(OC(=O)c2ccc(OCCCCCCC)cc2)ccc1-c1ccccc1. The van der Waals surface area contributed by atoms with E-state index in [0.717, 1.165) is 41.9 Å². The van der Waals surface area contributed by atoms with Gasteiger partial charge in [-0.3, -0.25) is 0 Å². The minimum atomic E-state index is -0.398. The quantitative estimate of drug-likeness (QED) is 0.0959. The van der Waals surface area contributed by atoms with Crippen molar-refractivity contribution in [1.29, 1.82) is 0 Å². The molecule has 0 aliphatic rings. The molecule has 3 aromatic rings. The van der Waals surface area contributed by atoms with Gasteiger partial charge >= 0.3 is 5.97 Å². The highest BCUT2D eigenvalue weighted by Gasteiger charge is 2.13. The van der Waals surface area contributed by atoms with Crippen LogP contribution in [0.15, 0.2) is 72.8 Å². The summed E-state index contributed by atoms with van der Waals surface area (Å²) >= 11 is 0. The third-order valence-corrected chi connectivity index (χ3v) is 6.61. The van der Waals surface area contributed by atoms with E-state index in [0.29, 0.717) is 24.5 Å². The van der Waals surface area contributed by atoms with Gasteiger partial charge < -0.3 is 14.2 Å². The predicted molar refractivity (Wildman–Crippen MR) is 156 cm³/mol. The number of rotatable bonds is 18. The summed E-state index contributed by atoms with van der Waals surface area (Å²) in [6, 6.07) is 22.9. The summed E-state index contributed by atoms with van der Waals surface area (Å²) in [6.07, 6.45) is 13.2. The van der Waals surface area contributed by atoms with E-state index < -0.39 is 5.97 Å². The summed E-state index contributed by atoms with van der Waals surface area (Å²) in [6.45, 7) is 5.79. The van der Waals surface area contributed by atoms with Crippen LogP contribution in [0, 0.1) is 0 Å². The number of esters is 1. The minimum absolute atomic E-state index is 0.398. The molecule has 0 aliphatic carbocycles. The Morgan fingerprint density at radius 2 is 1.18 bits per heavy atom. The van der Waals surface area contributed by atoms with Crippen molar-refractivity contribution in [3.8, 4) is 28.4 Å². The normalized spacial score (nSPS) is 10.8. The highest BCUT2D eigenvalue weighted by molar-refractivity contribution is 5.91. The van der Waals surface area contributed by atoms with E-state index in [2.05, 4.69) is 26.0 Å². The Bertz CT molecular complexity index is 1060. The van der Waals surface area contributed by atoms with Gasteiger partial charge in [0, 0.05) is 11.6 Å². The lowest BCUT2D eigenvalue weighted by atomic mass is 10.0. The Balaban J connectivity index is 1.58. The van der Waals surface area contributed by atoms with Gasteiger partial charge in [-0.05, 0) is 54.8 Å². The molecule has 0 spiro atoms. The second kappa shape index (κ2) is 17.3. The van der Waals surface area contributed by atoms with Crippen LogP contribution in [0.3, 0.4) is 0 Å². The topological polar surface area (TPSA) is 44.8 Å². The molecular formula is C34H44O4. The predicted octanol–water partition coefficient (Wildman–Crippen LogP) is 9.66. The maximum atomic E-state index is 12.8. The van der Waals surface area contributed by atoms with E-state index in [9.17, 15) is 4.79 Å². The maximum absolute atomic E-state index is 12.8. The van der Waals surface area contributed by atoms with Crippen LogP contribution in [-0.4, -0.2) is 19.2 Å². The fourth-order valence-corrected chi connectivity index (χ4v) is 4.36. The van der Waals surface area contributed by atoms with Crippen molar-refractivity contribution in [1.82, 2.24) is 0 Å². The fourth-order valence-electron chi connectivity index (χ4n) is 4.36. The van der Waals surface area contributed by atoms with E-state index >= 15 is 0 Å². The summed E-state index contributed by atoms with van der Waals surface area (Å²) < 4.78 is 17.7. The summed E-state index contributed by atoms with van der Waals surface area (Å²) in [5.41, 5.74) is 2.55. The first-order valence-corrected chi connectivity index (χ1v) is 14.5. The van der Waals surface area contributed by atoms with Crippen LogP contribution >= 0.6 is 0 Å². The van der Waals surface area contributed by atoms with E-state index in [1.807, 2.05) is 48.5 Å². The summed E-state index contributed by atoms with van der Waals surface area (Å²) in [4.78, 5) is 12.8. The van der Waals surface area contributed by atoms with Gasteiger partial charge in [-0.1, -0.05) is 102 Å². The average Bonchev–Trinajstić information content (AvgIpc) is 2.95. The van der Waals surface area contributed by atoms with Crippen LogP contribution in [0.5, 0.6) is 17.2 Å². The first-order chi connectivity index (χ1) is 18.7. The molecule has 4 heteroatoms. The summed E-state index contributed by atoms with van der Waals surface area (Å²) in [5.74, 6) is 1.58. The van der Waals surface area contributed by atoms with E-state index in [-0.39, 0.29) is 0 Å². The molecule has 3 rings (SSSR count). The molecule has 0 radical (unpaired) electrons. The molecule has 0 fully saturated rings. The summed E-state index contributed by atoms with van der Waals surface area (Å²) in [7, 11) is 0. The van der Waals surface area contributed by atoms with Crippen molar-refractivity contribution in [2.45, 2.75) is 84.5 Å². The van der Waals surface area contributed by atoms with Gasteiger partial charge in [-0.2, -0.15) is 0 Å². The highest BCUT2D eigenvalue weighted by atomic mass is 16.5. The van der Waals surface area contributed by atoms with Crippen LogP contribution in [-0.2, 0) is 0 Å². The first kappa shape index (κ1) is 29.3. The Morgan fingerprint density at radius 1 is 0.605 bits per heavy atom. The third-order valence-electron chi connectivity index (χ3n) is 6.61. The summed E-state index contributed by atoms with van der Waals surface area (Å²) in [5, 5.41) is 0. The van der Waals surface area contributed by atoms with Crippen molar-refractivity contribution in [2.24, 2.45) is 0 Å². The zero-order chi connectivity index (χ0) is 26.8. The molecule has 0 heterocycles. The standard InChI is InChI=1S/C34H44O4/c1-3-5-7-9-11-16-26-37-33-27-31(23-24-32(33)28-17-13-12-14-18-28)38-34(35)29-19-21-30(22-20-29)36-25-15-10-8-6-4-2/h12-14,17-24,27H,3-11,15-16,25-26H2,1-2H3. The average molecular weight is 517 g/mol. The lowest BCUT2D eigenvalue weighted by Crippen LogP contribution is -2.09. The van der Waals surface area contributed by atoms with Crippen molar-refractivity contribution in [2.75, 3.05) is 13.2 Å². The molecule has 3 aromatic carbocycles. The molecule has 0 unspecified atom stereocenters. The van der Waals surface area contributed by atoms with Crippen molar-refractivity contribution in [3.63, 3.8) is 0 Å². The molecule has 0 atom stereocenters. The van der Waals surface area contributed by atoms with Gasteiger partial charge in [0.05, 0.1) is 18.8 Å². The Hall–Kier alpha value is -3.27. The van der Waals surface area contributed by atoms with Crippen molar-refractivity contribution >= 4 is 5.97 Å². The molecular weight excluding hydrogens is 472 g/mol. The Kier molecular flexibility index (Phi) is 13.3. The van der Waals surface area contributed by atoms with E-state index in [4.69, 9.17) is 14.2 Å². The van der Waals surface area contributed by atoms with Crippen LogP contribution in [0.1, 0.15) is 94.8 Å². The zero-order valence-electron chi connectivity index (χ0n) is 23.3. The molecule has 38 heavy (non-hydrogen) atoms. The molecule has 0 amide bonds. The molecule has 0 aromatic heterocycles. The largest absolute Gasteiger partial charge is 0.494 e. The lowest BCUT2D eigenvalue weighted by Gasteiger charge is -2.14. The minimum Gasteiger partial charge on any atom is -0.494 e. The molecule has 4 nitrogen and oxygen atoms in total. The fraction of sp³-hybridized carbons (Fsp3) is 0.441. The van der Waals surface area contributed by atoms with Crippen LogP contribution < -0.4 is 14.2 Å². The molecule has 0 aliphatic heterocycles. The smallest absolute Gasteiger partial charge is 0.343 e. The van der Waals surface area contributed by atoms with Crippen LogP contribution in [0.25, 0.3) is 11.1 Å². The van der Waals surface area contributed by atoms with Gasteiger partial charge in [0.25, 0.3) is 0 Å². The molecule has 0 saturated carbocycles. The maximum Gasteiger partial charge on any atom is 0.343 e. The van der Waals surface area contributed by atoms with Gasteiger partial charge in [-0.15, -0.1) is 0 Å². The number of carbonyl (C=O) groups excluding carboxylic acids is 1.